The average Bonchev–Trinajstić information content (AvgIpc) is 2.78. The van der Waals surface area contributed by atoms with E-state index in [0.29, 0.717) is 26.2 Å². The van der Waals surface area contributed by atoms with E-state index in [1.807, 2.05) is 31.2 Å². The van der Waals surface area contributed by atoms with Gasteiger partial charge in [0.1, 0.15) is 12.4 Å². The number of rotatable bonds is 11. The molecule has 1 aromatic rings. The van der Waals surface area contributed by atoms with Crippen LogP contribution in [0.5, 0.6) is 5.75 Å². The van der Waals surface area contributed by atoms with Crippen LogP contribution < -0.4 is 15.4 Å². The number of nitrogens with one attached hydrogen (secondary N) is 2. The van der Waals surface area contributed by atoms with E-state index >= 15 is 0 Å². The minimum Gasteiger partial charge on any atom is -0.492 e. The van der Waals surface area contributed by atoms with Crippen molar-refractivity contribution >= 4 is 11.9 Å². The van der Waals surface area contributed by atoms with Crippen LogP contribution in [0.25, 0.3) is 0 Å². The Morgan fingerprint density at radius 3 is 2.37 bits per heavy atom. The quantitative estimate of drug-likeness (QED) is 0.542. The van der Waals surface area contributed by atoms with Crippen molar-refractivity contribution in [2.45, 2.75) is 40.0 Å². The lowest BCUT2D eigenvalue weighted by atomic mass is 9.96. The SMILES string of the molecule is CCN(CC)CCCNC(=O)C1CCN(C(=O)NCCOc2ccc(C)cc2)CC1. The fourth-order valence-electron chi connectivity index (χ4n) is 3.62. The summed E-state index contributed by atoms with van der Waals surface area (Å²) in [6.45, 7) is 12.3. The van der Waals surface area contributed by atoms with Gasteiger partial charge in [0, 0.05) is 25.6 Å². The highest BCUT2D eigenvalue weighted by atomic mass is 16.5. The van der Waals surface area contributed by atoms with E-state index in [1.165, 1.54) is 5.56 Å². The number of ether oxygens (including phenoxy) is 1. The third-order valence-electron chi connectivity index (χ3n) is 5.67. The van der Waals surface area contributed by atoms with Gasteiger partial charge in [-0.1, -0.05) is 31.5 Å². The van der Waals surface area contributed by atoms with Crippen molar-refractivity contribution in [1.29, 1.82) is 0 Å². The Balaban J connectivity index is 1.57. The molecular weight excluding hydrogens is 380 g/mol. The summed E-state index contributed by atoms with van der Waals surface area (Å²) in [5.41, 5.74) is 1.19. The predicted octanol–water partition coefficient (Wildman–Crippen LogP) is 2.64. The number of carbonyl (C=O) groups excluding carboxylic acids is 2. The van der Waals surface area contributed by atoms with E-state index in [1.54, 1.807) is 4.90 Å². The fraction of sp³-hybridized carbons (Fsp3) is 0.652. The van der Waals surface area contributed by atoms with Crippen molar-refractivity contribution in [2.24, 2.45) is 5.92 Å². The number of urea groups is 1. The number of carbonyl (C=O) groups is 2. The lowest BCUT2D eigenvalue weighted by Crippen LogP contribution is -2.47. The predicted molar refractivity (Wildman–Crippen MR) is 120 cm³/mol. The van der Waals surface area contributed by atoms with Gasteiger partial charge in [0.2, 0.25) is 5.91 Å². The molecule has 1 aliphatic heterocycles. The van der Waals surface area contributed by atoms with E-state index in [0.717, 1.165) is 51.2 Å². The zero-order chi connectivity index (χ0) is 21.8. The monoisotopic (exact) mass is 418 g/mol. The van der Waals surface area contributed by atoms with Gasteiger partial charge in [-0.25, -0.2) is 4.79 Å². The molecule has 0 saturated carbocycles. The van der Waals surface area contributed by atoms with E-state index in [2.05, 4.69) is 29.4 Å². The first-order chi connectivity index (χ1) is 14.5. The third-order valence-corrected chi connectivity index (χ3v) is 5.67. The number of piperidine rings is 1. The van der Waals surface area contributed by atoms with Gasteiger partial charge in [-0.3, -0.25) is 4.79 Å². The van der Waals surface area contributed by atoms with Crippen LogP contribution in [0.1, 0.15) is 38.7 Å². The highest BCUT2D eigenvalue weighted by Crippen LogP contribution is 2.17. The first-order valence-electron chi connectivity index (χ1n) is 11.3. The first-order valence-corrected chi connectivity index (χ1v) is 11.3. The number of hydrogen-bond donors (Lipinski definition) is 2. The van der Waals surface area contributed by atoms with Crippen LogP contribution in [-0.2, 0) is 4.79 Å². The van der Waals surface area contributed by atoms with Crippen molar-refractivity contribution < 1.29 is 14.3 Å². The maximum Gasteiger partial charge on any atom is 0.317 e. The average molecular weight is 419 g/mol. The molecule has 1 fully saturated rings. The summed E-state index contributed by atoms with van der Waals surface area (Å²) in [5.74, 6) is 0.937. The molecule has 0 radical (unpaired) electrons. The van der Waals surface area contributed by atoms with E-state index in [4.69, 9.17) is 4.74 Å². The van der Waals surface area contributed by atoms with Gasteiger partial charge in [-0.2, -0.15) is 0 Å². The molecule has 30 heavy (non-hydrogen) atoms. The Bertz CT molecular complexity index is 638. The number of amides is 3. The second-order valence-corrected chi connectivity index (χ2v) is 7.83. The van der Waals surface area contributed by atoms with Crippen LogP contribution in [-0.4, -0.2) is 74.2 Å². The number of hydrogen-bond acceptors (Lipinski definition) is 4. The van der Waals surface area contributed by atoms with Crippen molar-refractivity contribution in [3.8, 4) is 5.75 Å². The normalized spacial score (nSPS) is 14.6. The van der Waals surface area contributed by atoms with Crippen LogP contribution in [0.2, 0.25) is 0 Å². The summed E-state index contributed by atoms with van der Waals surface area (Å²) in [4.78, 5) is 28.8. The maximum absolute atomic E-state index is 12.4. The van der Waals surface area contributed by atoms with Gasteiger partial charge < -0.3 is 25.2 Å². The molecule has 3 amide bonds. The molecule has 0 spiro atoms. The summed E-state index contributed by atoms with van der Waals surface area (Å²) >= 11 is 0. The van der Waals surface area contributed by atoms with Crippen molar-refractivity contribution in [2.75, 3.05) is 52.4 Å². The van der Waals surface area contributed by atoms with Crippen LogP contribution >= 0.6 is 0 Å². The molecule has 0 unspecified atom stereocenters. The highest BCUT2D eigenvalue weighted by Gasteiger charge is 2.26. The summed E-state index contributed by atoms with van der Waals surface area (Å²) in [6, 6.07) is 7.77. The molecule has 7 nitrogen and oxygen atoms in total. The van der Waals surface area contributed by atoms with Crippen LogP contribution in [0.4, 0.5) is 4.79 Å². The maximum atomic E-state index is 12.4. The minimum absolute atomic E-state index is 0.00683. The van der Waals surface area contributed by atoms with E-state index < -0.39 is 0 Å². The molecule has 2 N–H and O–H groups in total. The summed E-state index contributed by atoms with van der Waals surface area (Å²) in [6.07, 6.45) is 2.41. The lowest BCUT2D eigenvalue weighted by molar-refractivity contribution is -0.126. The molecule has 0 aromatic heterocycles. The van der Waals surface area contributed by atoms with Crippen LogP contribution in [0, 0.1) is 12.8 Å². The third kappa shape index (κ3) is 8.22. The van der Waals surface area contributed by atoms with Crippen molar-refractivity contribution in [3.05, 3.63) is 29.8 Å². The Morgan fingerprint density at radius 2 is 1.73 bits per heavy atom. The minimum atomic E-state index is -0.0828. The number of likely N-dealkylation sites (tertiary alicyclic amines) is 1. The Morgan fingerprint density at radius 1 is 1.07 bits per heavy atom. The van der Waals surface area contributed by atoms with Gasteiger partial charge >= 0.3 is 6.03 Å². The van der Waals surface area contributed by atoms with Gasteiger partial charge in [0.05, 0.1) is 6.54 Å². The molecule has 2 rings (SSSR count). The lowest BCUT2D eigenvalue weighted by Gasteiger charge is -2.31. The zero-order valence-corrected chi connectivity index (χ0v) is 18.8. The van der Waals surface area contributed by atoms with Gasteiger partial charge in [-0.05, 0) is 58.0 Å². The Kier molecular flexibility index (Phi) is 10.5. The fourth-order valence-corrected chi connectivity index (χ4v) is 3.62. The van der Waals surface area contributed by atoms with E-state index in [-0.39, 0.29) is 17.9 Å². The standard InChI is InChI=1S/C23H38N4O3/c1-4-26(5-2)15-6-13-24-22(28)20-11-16-27(17-12-20)23(29)25-14-18-30-21-9-7-19(3)8-10-21/h7-10,20H,4-6,11-18H2,1-3H3,(H,24,28)(H,25,29). The van der Waals surface area contributed by atoms with E-state index in [9.17, 15) is 9.59 Å². The van der Waals surface area contributed by atoms with Gasteiger partial charge in [-0.15, -0.1) is 0 Å². The topological polar surface area (TPSA) is 73.9 Å². The molecule has 1 heterocycles. The van der Waals surface area contributed by atoms with Gasteiger partial charge in [0.25, 0.3) is 0 Å². The Hall–Kier alpha value is -2.28. The number of benzene rings is 1. The molecule has 1 aromatic carbocycles. The summed E-state index contributed by atoms with van der Waals surface area (Å²) in [5, 5.41) is 5.96. The highest BCUT2D eigenvalue weighted by molar-refractivity contribution is 5.79. The largest absolute Gasteiger partial charge is 0.492 e. The van der Waals surface area contributed by atoms with Crippen LogP contribution in [0.15, 0.2) is 24.3 Å². The van der Waals surface area contributed by atoms with Gasteiger partial charge in [0.15, 0.2) is 0 Å². The molecule has 1 saturated heterocycles. The molecule has 1 aliphatic rings. The molecular formula is C23H38N4O3. The summed E-state index contributed by atoms with van der Waals surface area (Å²) < 4.78 is 5.63. The molecule has 0 bridgehead atoms. The van der Waals surface area contributed by atoms with Crippen LogP contribution in [0.3, 0.4) is 0 Å². The molecule has 0 aliphatic carbocycles. The van der Waals surface area contributed by atoms with Crippen molar-refractivity contribution in [3.63, 3.8) is 0 Å². The molecule has 7 heteroatoms. The number of nitrogens with zero attached hydrogens (tertiary/aromatic N) is 2. The zero-order valence-electron chi connectivity index (χ0n) is 18.8. The van der Waals surface area contributed by atoms with Crippen molar-refractivity contribution in [1.82, 2.24) is 20.4 Å². The smallest absolute Gasteiger partial charge is 0.317 e. The Labute approximate surface area is 181 Å². The molecule has 0 atom stereocenters. The number of aryl methyl sites for hydroxylation is 1. The second kappa shape index (κ2) is 13.1. The second-order valence-electron chi connectivity index (χ2n) is 7.83. The summed E-state index contributed by atoms with van der Waals surface area (Å²) in [7, 11) is 0. The first kappa shape index (κ1) is 24.0. The molecule has 168 valence electrons.